The molecule has 1 aromatic carbocycles. The van der Waals surface area contributed by atoms with E-state index in [1.165, 1.54) is 29.2 Å². The number of carbonyl (C=O) groups is 1. The van der Waals surface area contributed by atoms with Crippen LogP contribution in [0.15, 0.2) is 40.9 Å². The summed E-state index contributed by atoms with van der Waals surface area (Å²) in [5, 5.41) is 3.27. The van der Waals surface area contributed by atoms with E-state index < -0.39 is 30.5 Å². The Morgan fingerprint density at radius 1 is 1.17 bits per heavy atom. The van der Waals surface area contributed by atoms with E-state index in [1.54, 1.807) is 13.0 Å². The molecule has 0 saturated carbocycles. The Balaban J connectivity index is 1.46. The topological polar surface area (TPSA) is 67.6 Å². The number of hydrogen-bond donors (Lipinski definition) is 1. The number of pyridine rings is 1. The summed E-state index contributed by atoms with van der Waals surface area (Å²) < 4.78 is 88.6. The van der Waals surface area contributed by atoms with Gasteiger partial charge in [0.15, 0.2) is 5.69 Å². The monoisotopic (exact) mass is 515 g/mol. The van der Waals surface area contributed by atoms with Crippen LogP contribution >= 0.6 is 0 Å². The number of alkyl halides is 6. The predicted molar refractivity (Wildman–Crippen MR) is 118 cm³/mol. The van der Waals surface area contributed by atoms with Crippen LogP contribution in [0, 0.1) is 6.92 Å². The van der Waals surface area contributed by atoms with Crippen molar-refractivity contribution >= 4 is 16.9 Å². The Labute approximate surface area is 202 Å². The van der Waals surface area contributed by atoms with Crippen molar-refractivity contribution in [1.29, 1.82) is 0 Å². The number of ether oxygens (including phenoxy) is 1. The van der Waals surface area contributed by atoms with Crippen LogP contribution in [0.1, 0.15) is 40.2 Å². The molecule has 2 aromatic heterocycles. The number of nitrogens with one attached hydrogen (secondary N) is 1. The van der Waals surface area contributed by atoms with Gasteiger partial charge in [-0.15, -0.1) is 0 Å². The lowest BCUT2D eigenvalue weighted by Crippen LogP contribution is -2.47. The Morgan fingerprint density at radius 3 is 2.56 bits per heavy atom. The summed E-state index contributed by atoms with van der Waals surface area (Å²) in [5.41, 5.74) is -0.539. The first-order chi connectivity index (χ1) is 16.9. The minimum atomic E-state index is -4.63. The van der Waals surface area contributed by atoms with Gasteiger partial charge in [0.2, 0.25) is 0 Å². The van der Waals surface area contributed by atoms with E-state index in [1.807, 2.05) is 0 Å². The van der Waals surface area contributed by atoms with Crippen molar-refractivity contribution in [2.24, 2.45) is 0 Å². The van der Waals surface area contributed by atoms with Crippen molar-refractivity contribution in [3.05, 3.63) is 59.1 Å². The van der Waals surface area contributed by atoms with Crippen molar-refractivity contribution in [2.75, 3.05) is 19.6 Å². The van der Waals surface area contributed by atoms with Gasteiger partial charge in [0, 0.05) is 36.3 Å². The minimum Gasteiger partial charge on any atom is -0.489 e. The van der Waals surface area contributed by atoms with Crippen LogP contribution < -0.4 is 10.1 Å². The van der Waals surface area contributed by atoms with Gasteiger partial charge in [-0.2, -0.15) is 26.3 Å². The molecule has 0 unspecified atom stereocenters. The summed E-state index contributed by atoms with van der Waals surface area (Å²) in [4.78, 5) is 17.7. The number of halogens is 6. The number of nitrogens with zero attached hydrogens (tertiary/aromatic N) is 2. The SMILES string of the molecule is Cc1oc2ccc(OCc3cccnc3C(F)(F)F)cc2c1C(=O)NC1CCN(CC(F)(F)F)CC1. The van der Waals surface area contributed by atoms with E-state index in [9.17, 15) is 31.1 Å². The number of fused-ring (bicyclic) bond motifs is 1. The molecular weight excluding hydrogens is 492 g/mol. The molecule has 1 aliphatic heterocycles. The van der Waals surface area contributed by atoms with Gasteiger partial charge >= 0.3 is 12.4 Å². The van der Waals surface area contributed by atoms with Crippen LogP contribution in [-0.2, 0) is 12.8 Å². The standard InChI is InChI=1S/C24H23F6N3O3/c1-14-20(22(34)32-16-6-9-33(10-7-16)13-23(25,26)27)18-11-17(4-5-19(18)36-14)35-12-15-3-2-8-31-21(15)24(28,29)30/h2-5,8,11,16H,6-7,9-10,12-13H2,1H3,(H,32,34). The van der Waals surface area contributed by atoms with Crippen LogP contribution in [0.4, 0.5) is 26.3 Å². The molecule has 1 N–H and O–H groups in total. The third-order valence-corrected chi connectivity index (χ3v) is 5.94. The molecule has 4 rings (SSSR count). The van der Waals surface area contributed by atoms with Gasteiger partial charge in [-0.3, -0.25) is 14.7 Å². The van der Waals surface area contributed by atoms with Crippen molar-refractivity contribution < 1.29 is 40.3 Å². The van der Waals surface area contributed by atoms with E-state index in [0.717, 1.165) is 6.20 Å². The average Bonchev–Trinajstić information content (AvgIpc) is 3.12. The third kappa shape index (κ3) is 6.10. The number of likely N-dealkylation sites (tertiary alicyclic amines) is 1. The van der Waals surface area contributed by atoms with Crippen LogP contribution in [0.25, 0.3) is 11.0 Å². The fourth-order valence-corrected chi connectivity index (χ4v) is 4.29. The second kappa shape index (κ2) is 10.00. The molecule has 12 heteroatoms. The number of carbonyl (C=O) groups excluding carboxylic acids is 1. The Morgan fingerprint density at radius 2 is 1.89 bits per heavy atom. The van der Waals surface area contributed by atoms with Crippen LogP contribution in [0.5, 0.6) is 5.75 Å². The molecule has 36 heavy (non-hydrogen) atoms. The smallest absolute Gasteiger partial charge is 0.433 e. The van der Waals surface area contributed by atoms with Gasteiger partial charge in [0.05, 0.1) is 12.1 Å². The number of hydrogen-bond acceptors (Lipinski definition) is 5. The summed E-state index contributed by atoms with van der Waals surface area (Å²) in [6.07, 6.45) is -7.10. The van der Waals surface area contributed by atoms with Crippen molar-refractivity contribution in [1.82, 2.24) is 15.2 Å². The highest BCUT2D eigenvalue weighted by Crippen LogP contribution is 2.32. The van der Waals surface area contributed by atoms with Gasteiger partial charge in [-0.25, -0.2) is 0 Å². The number of aromatic nitrogens is 1. The quantitative estimate of drug-likeness (QED) is 0.440. The molecular formula is C24H23F6N3O3. The van der Waals surface area contributed by atoms with E-state index in [-0.39, 0.29) is 42.6 Å². The highest BCUT2D eigenvalue weighted by atomic mass is 19.4. The van der Waals surface area contributed by atoms with Gasteiger partial charge < -0.3 is 14.5 Å². The largest absolute Gasteiger partial charge is 0.489 e. The molecule has 1 saturated heterocycles. The molecule has 194 valence electrons. The van der Waals surface area contributed by atoms with Crippen LogP contribution in [-0.4, -0.2) is 47.6 Å². The van der Waals surface area contributed by atoms with E-state index in [2.05, 4.69) is 10.3 Å². The number of furan rings is 1. The van der Waals surface area contributed by atoms with Crippen LogP contribution in [0.2, 0.25) is 0 Å². The molecule has 0 atom stereocenters. The Hall–Kier alpha value is -3.28. The fourth-order valence-electron chi connectivity index (χ4n) is 4.29. The summed E-state index contributed by atoms with van der Waals surface area (Å²) in [6.45, 7) is 0.657. The molecule has 1 fully saturated rings. The van der Waals surface area contributed by atoms with Gasteiger partial charge in [0.1, 0.15) is 23.7 Å². The maximum atomic E-state index is 13.2. The molecule has 1 aliphatic rings. The molecule has 0 radical (unpaired) electrons. The van der Waals surface area contributed by atoms with Crippen molar-refractivity contribution in [3.63, 3.8) is 0 Å². The summed E-state index contributed by atoms with van der Waals surface area (Å²) in [6, 6.07) is 6.94. The number of aryl methyl sites for hydroxylation is 1. The predicted octanol–water partition coefficient (Wildman–Crippen LogP) is 5.49. The molecule has 3 heterocycles. The molecule has 0 bridgehead atoms. The molecule has 0 spiro atoms. The third-order valence-electron chi connectivity index (χ3n) is 5.94. The summed E-state index contributed by atoms with van der Waals surface area (Å²) in [7, 11) is 0. The second-order valence-electron chi connectivity index (χ2n) is 8.63. The first-order valence-corrected chi connectivity index (χ1v) is 11.2. The highest BCUT2D eigenvalue weighted by Gasteiger charge is 2.35. The fraction of sp³-hybridized carbons (Fsp3) is 0.417. The van der Waals surface area contributed by atoms with Gasteiger partial charge in [0.25, 0.3) is 5.91 Å². The van der Waals surface area contributed by atoms with E-state index >= 15 is 0 Å². The number of piperidine rings is 1. The molecule has 0 aliphatic carbocycles. The van der Waals surface area contributed by atoms with Crippen molar-refractivity contribution in [2.45, 2.75) is 44.8 Å². The zero-order valence-corrected chi connectivity index (χ0v) is 19.2. The maximum Gasteiger partial charge on any atom is 0.433 e. The maximum absolute atomic E-state index is 13.2. The van der Waals surface area contributed by atoms with Crippen molar-refractivity contribution in [3.8, 4) is 5.75 Å². The highest BCUT2D eigenvalue weighted by molar-refractivity contribution is 6.07. The number of rotatable bonds is 6. The lowest BCUT2D eigenvalue weighted by Gasteiger charge is -2.32. The zero-order chi connectivity index (χ0) is 26.1. The summed E-state index contributed by atoms with van der Waals surface area (Å²) >= 11 is 0. The Kier molecular flexibility index (Phi) is 7.17. The van der Waals surface area contributed by atoms with Crippen LogP contribution in [0.3, 0.4) is 0 Å². The lowest BCUT2D eigenvalue weighted by atomic mass is 10.0. The Bertz CT molecular complexity index is 1230. The van der Waals surface area contributed by atoms with Gasteiger partial charge in [-0.1, -0.05) is 6.07 Å². The first kappa shape index (κ1) is 25.8. The average molecular weight is 515 g/mol. The normalized spacial score (nSPS) is 15.9. The lowest BCUT2D eigenvalue weighted by molar-refractivity contribution is -0.148. The zero-order valence-electron chi connectivity index (χ0n) is 19.2. The van der Waals surface area contributed by atoms with Gasteiger partial charge in [-0.05, 0) is 44.0 Å². The second-order valence-corrected chi connectivity index (χ2v) is 8.63. The molecule has 1 amide bonds. The molecule has 3 aromatic rings. The van der Waals surface area contributed by atoms with E-state index in [4.69, 9.17) is 9.15 Å². The number of benzene rings is 1. The summed E-state index contributed by atoms with van der Waals surface area (Å²) in [5.74, 6) is 0.125. The molecule has 6 nitrogen and oxygen atoms in total. The number of amides is 1. The van der Waals surface area contributed by atoms with E-state index in [0.29, 0.717) is 29.6 Å². The first-order valence-electron chi connectivity index (χ1n) is 11.2. The minimum absolute atomic E-state index is 0.136.